The Hall–Kier alpha value is -4.45. The minimum absolute atomic E-state index is 0.116. The highest BCUT2D eigenvalue weighted by Crippen LogP contribution is 2.16. The van der Waals surface area contributed by atoms with Crippen LogP contribution in [-0.2, 0) is 28.6 Å². The van der Waals surface area contributed by atoms with Crippen LogP contribution in [-0.4, -0.2) is 37.2 Å². The zero-order valence-electron chi connectivity index (χ0n) is 52.8. The van der Waals surface area contributed by atoms with Gasteiger partial charge in [-0.3, -0.25) is 14.4 Å². The average molecular weight is 1120 g/mol. The van der Waals surface area contributed by atoms with E-state index in [2.05, 4.69) is 148 Å². The van der Waals surface area contributed by atoms with Crippen LogP contribution in [0.25, 0.3) is 0 Å². The van der Waals surface area contributed by atoms with Crippen molar-refractivity contribution in [2.75, 3.05) is 13.2 Å². The van der Waals surface area contributed by atoms with Crippen molar-refractivity contribution in [3.63, 3.8) is 0 Å². The van der Waals surface area contributed by atoms with Gasteiger partial charge in [-0.1, -0.05) is 289 Å². The summed E-state index contributed by atoms with van der Waals surface area (Å²) in [6.07, 6.45) is 96.2. The molecule has 0 heterocycles. The molecule has 1 unspecified atom stereocenters. The van der Waals surface area contributed by atoms with E-state index in [0.29, 0.717) is 19.3 Å². The standard InChI is InChI=1S/C75H124O6/c1-4-7-10-13-16-19-22-25-28-30-32-33-34-35-36-37-38-39-40-41-43-44-47-50-53-56-59-62-65-68-74(77)80-71-72(70-79-73(76)67-64-61-58-55-52-49-46-27-24-21-18-15-12-9-6-3)81-75(78)69-66-63-60-57-54-51-48-45-42-31-29-26-23-20-17-14-11-8-5-2/h8,11,17-18,20-22,25-27,29-30,32,34-35,42,45-46,51,54,60,63,72H,4-7,9-10,12-16,19,23-24,28,31,33,36-41,43-44,47-50,52-53,55-59,61-62,64-71H2,1-3H3/b11-8-,20-17-,21-18-,25-22-,29-26-,32-30-,35-34-,45-42-,46-27-,54-51-,63-60-. The number of ether oxygens (including phenoxy) is 3. The quantitative estimate of drug-likeness (QED) is 0.0261. The fourth-order valence-electron chi connectivity index (χ4n) is 9.09. The topological polar surface area (TPSA) is 78.9 Å². The van der Waals surface area contributed by atoms with Gasteiger partial charge in [0.05, 0.1) is 0 Å². The Morgan fingerprint density at radius 1 is 0.259 bits per heavy atom. The number of rotatable bonds is 60. The summed E-state index contributed by atoms with van der Waals surface area (Å²) >= 11 is 0. The Labute approximate surface area is 500 Å². The number of carbonyl (C=O) groups excluding carboxylic acids is 3. The van der Waals surface area contributed by atoms with Crippen LogP contribution in [0.2, 0.25) is 0 Å². The second kappa shape index (κ2) is 68.1. The van der Waals surface area contributed by atoms with Crippen molar-refractivity contribution in [2.45, 2.75) is 309 Å². The molecule has 0 fully saturated rings. The fourth-order valence-corrected chi connectivity index (χ4v) is 9.09. The van der Waals surface area contributed by atoms with Gasteiger partial charge in [-0.25, -0.2) is 0 Å². The van der Waals surface area contributed by atoms with Gasteiger partial charge >= 0.3 is 17.9 Å². The maximum Gasteiger partial charge on any atom is 0.306 e. The predicted molar refractivity (Wildman–Crippen MR) is 353 cm³/mol. The molecule has 0 saturated carbocycles. The van der Waals surface area contributed by atoms with Gasteiger partial charge in [0.2, 0.25) is 0 Å². The SMILES string of the molecule is CC/C=C\C/C=C\C/C=C\C/C=C\C/C=C\C/C=C\CCC(=O)OC(COC(=O)CCCCCCC/C=C\C/C=C\CCCCC)COC(=O)CCCCCCCCCCCCCCCC/C=C\C/C=C\C/C=C\CCCCCCC. The number of hydrogen-bond donors (Lipinski definition) is 0. The van der Waals surface area contributed by atoms with Crippen LogP contribution in [0, 0.1) is 0 Å². The van der Waals surface area contributed by atoms with E-state index in [4.69, 9.17) is 14.2 Å². The van der Waals surface area contributed by atoms with E-state index >= 15 is 0 Å². The molecule has 1 atom stereocenters. The molecule has 0 saturated heterocycles. The molecule has 0 radical (unpaired) electrons. The van der Waals surface area contributed by atoms with Gasteiger partial charge in [-0.15, -0.1) is 0 Å². The monoisotopic (exact) mass is 1120 g/mol. The lowest BCUT2D eigenvalue weighted by molar-refractivity contribution is -0.166. The maximum atomic E-state index is 12.9. The molecule has 81 heavy (non-hydrogen) atoms. The number of esters is 3. The molecule has 0 aliphatic rings. The lowest BCUT2D eigenvalue weighted by atomic mass is 10.0. The van der Waals surface area contributed by atoms with Crippen molar-refractivity contribution in [3.05, 3.63) is 134 Å². The van der Waals surface area contributed by atoms with Crippen molar-refractivity contribution in [2.24, 2.45) is 0 Å². The minimum atomic E-state index is -0.830. The molecule has 0 spiro atoms. The molecule has 460 valence electrons. The fraction of sp³-hybridized carbons (Fsp3) is 0.667. The Morgan fingerprint density at radius 2 is 0.506 bits per heavy atom. The van der Waals surface area contributed by atoms with E-state index in [-0.39, 0.29) is 31.6 Å². The molecule has 0 bridgehead atoms. The highest BCUT2D eigenvalue weighted by atomic mass is 16.6. The number of carbonyl (C=O) groups is 3. The summed E-state index contributed by atoms with van der Waals surface area (Å²) in [6.45, 7) is 6.43. The van der Waals surface area contributed by atoms with Crippen molar-refractivity contribution < 1.29 is 28.6 Å². The van der Waals surface area contributed by atoms with E-state index in [0.717, 1.165) is 116 Å². The lowest BCUT2D eigenvalue weighted by Crippen LogP contribution is -2.30. The molecule has 0 aromatic heterocycles. The molecule has 0 aromatic rings. The summed E-state index contributed by atoms with van der Waals surface area (Å²) in [4.78, 5) is 38.3. The van der Waals surface area contributed by atoms with Crippen molar-refractivity contribution in [1.29, 1.82) is 0 Å². The second-order valence-corrected chi connectivity index (χ2v) is 22.0. The minimum Gasteiger partial charge on any atom is -0.462 e. The van der Waals surface area contributed by atoms with E-state index in [1.165, 1.54) is 141 Å². The highest BCUT2D eigenvalue weighted by Gasteiger charge is 2.19. The zero-order valence-corrected chi connectivity index (χ0v) is 52.8. The van der Waals surface area contributed by atoms with Gasteiger partial charge < -0.3 is 14.2 Å². The molecular formula is C75H124O6. The van der Waals surface area contributed by atoms with Crippen LogP contribution in [0.1, 0.15) is 303 Å². The Balaban J connectivity index is 4.39. The summed E-state index contributed by atoms with van der Waals surface area (Å²) in [5.41, 5.74) is 0. The van der Waals surface area contributed by atoms with Crippen LogP contribution < -0.4 is 0 Å². The first kappa shape index (κ1) is 76.5. The first-order valence-corrected chi connectivity index (χ1v) is 33.7. The Morgan fingerprint density at radius 3 is 0.827 bits per heavy atom. The van der Waals surface area contributed by atoms with Gasteiger partial charge in [0.25, 0.3) is 0 Å². The number of allylic oxidation sites excluding steroid dienone is 22. The van der Waals surface area contributed by atoms with Gasteiger partial charge in [0, 0.05) is 19.3 Å². The van der Waals surface area contributed by atoms with Crippen molar-refractivity contribution >= 4 is 17.9 Å². The van der Waals surface area contributed by atoms with Crippen LogP contribution >= 0.6 is 0 Å². The Kier molecular flexibility index (Phi) is 64.3. The lowest BCUT2D eigenvalue weighted by Gasteiger charge is -2.18. The third kappa shape index (κ3) is 66.2. The molecule has 6 heteroatoms. The van der Waals surface area contributed by atoms with Crippen molar-refractivity contribution in [1.82, 2.24) is 0 Å². The van der Waals surface area contributed by atoms with Gasteiger partial charge in [0.15, 0.2) is 6.10 Å². The van der Waals surface area contributed by atoms with Crippen LogP contribution in [0.5, 0.6) is 0 Å². The van der Waals surface area contributed by atoms with E-state index in [9.17, 15) is 14.4 Å². The van der Waals surface area contributed by atoms with Gasteiger partial charge in [-0.2, -0.15) is 0 Å². The number of unbranched alkanes of at least 4 members (excludes halogenated alkanes) is 27. The normalized spacial score (nSPS) is 13.0. The summed E-state index contributed by atoms with van der Waals surface area (Å²) < 4.78 is 16.9. The summed E-state index contributed by atoms with van der Waals surface area (Å²) in [7, 11) is 0. The maximum absolute atomic E-state index is 12.9. The summed E-state index contributed by atoms with van der Waals surface area (Å²) in [5.74, 6) is -1.01. The van der Waals surface area contributed by atoms with E-state index < -0.39 is 12.1 Å². The molecule has 0 amide bonds. The highest BCUT2D eigenvalue weighted by molar-refractivity contribution is 5.71. The van der Waals surface area contributed by atoms with Gasteiger partial charge in [0.1, 0.15) is 13.2 Å². The molecule has 6 nitrogen and oxygen atoms in total. The molecular weight excluding hydrogens is 997 g/mol. The predicted octanol–water partition coefficient (Wildman–Crippen LogP) is 23.3. The van der Waals surface area contributed by atoms with E-state index in [1.807, 2.05) is 6.08 Å². The molecule has 0 aliphatic heterocycles. The zero-order chi connectivity index (χ0) is 58.5. The van der Waals surface area contributed by atoms with Crippen molar-refractivity contribution in [3.8, 4) is 0 Å². The van der Waals surface area contributed by atoms with Crippen LogP contribution in [0.15, 0.2) is 134 Å². The Bertz CT molecular complexity index is 1720. The largest absolute Gasteiger partial charge is 0.462 e. The molecule has 0 aromatic carbocycles. The van der Waals surface area contributed by atoms with Crippen LogP contribution in [0.4, 0.5) is 0 Å². The smallest absolute Gasteiger partial charge is 0.306 e. The third-order valence-corrected chi connectivity index (χ3v) is 14.1. The summed E-state index contributed by atoms with van der Waals surface area (Å²) in [6, 6.07) is 0. The summed E-state index contributed by atoms with van der Waals surface area (Å²) in [5, 5.41) is 0. The molecule has 0 aliphatic carbocycles. The third-order valence-electron chi connectivity index (χ3n) is 14.1. The second-order valence-electron chi connectivity index (χ2n) is 22.0. The first-order chi connectivity index (χ1) is 40.0. The number of hydrogen-bond acceptors (Lipinski definition) is 6. The average Bonchev–Trinajstić information content (AvgIpc) is 3.47. The first-order valence-electron chi connectivity index (χ1n) is 33.7. The van der Waals surface area contributed by atoms with Crippen LogP contribution in [0.3, 0.4) is 0 Å². The van der Waals surface area contributed by atoms with E-state index in [1.54, 1.807) is 0 Å². The van der Waals surface area contributed by atoms with Gasteiger partial charge in [-0.05, 0) is 128 Å². The molecule has 0 N–H and O–H groups in total. The molecule has 0 rings (SSSR count).